The summed E-state index contributed by atoms with van der Waals surface area (Å²) in [5, 5.41) is 15.8. The van der Waals surface area contributed by atoms with Crippen LogP contribution < -0.4 is 10.6 Å². The van der Waals surface area contributed by atoms with E-state index in [9.17, 15) is 14.9 Å². The molecule has 0 saturated heterocycles. The zero-order valence-electron chi connectivity index (χ0n) is 12.5. The van der Waals surface area contributed by atoms with Crippen LogP contribution >= 0.6 is 11.6 Å². The van der Waals surface area contributed by atoms with E-state index in [-0.39, 0.29) is 24.2 Å². The number of nitrogens with one attached hydrogen (secondary N) is 1. The molecule has 0 fully saturated rings. The summed E-state index contributed by atoms with van der Waals surface area (Å²) in [5.41, 5.74) is 1.48. The number of nitrogens with zero attached hydrogens (tertiary/aromatic N) is 1. The number of benzene rings is 2. The van der Waals surface area contributed by atoms with Crippen LogP contribution in [0.15, 0.2) is 48.5 Å². The first-order chi connectivity index (χ1) is 11.0. The molecular formula is C16H17ClN3O3+. The highest BCUT2D eigenvalue weighted by Crippen LogP contribution is 2.19. The number of amides is 1. The predicted molar refractivity (Wildman–Crippen MR) is 88.4 cm³/mol. The van der Waals surface area contributed by atoms with E-state index in [0.29, 0.717) is 10.7 Å². The summed E-state index contributed by atoms with van der Waals surface area (Å²) in [6.45, 7) is 2.20. The fraction of sp³-hybridized carbons (Fsp3) is 0.188. The topological polar surface area (TPSA) is 88.8 Å². The molecular weight excluding hydrogens is 318 g/mol. The maximum Gasteiger partial charge on any atom is 0.279 e. The summed E-state index contributed by atoms with van der Waals surface area (Å²) < 4.78 is 0. The first kappa shape index (κ1) is 16.9. The van der Waals surface area contributed by atoms with Gasteiger partial charge in [-0.25, -0.2) is 0 Å². The average Bonchev–Trinajstić information content (AvgIpc) is 2.53. The van der Waals surface area contributed by atoms with Crippen molar-refractivity contribution in [2.24, 2.45) is 0 Å². The fourth-order valence-electron chi connectivity index (χ4n) is 2.13. The number of anilines is 1. The second kappa shape index (κ2) is 7.71. The monoisotopic (exact) mass is 334 g/mol. The molecule has 0 radical (unpaired) electrons. The van der Waals surface area contributed by atoms with E-state index in [1.807, 2.05) is 36.5 Å². The van der Waals surface area contributed by atoms with E-state index in [4.69, 9.17) is 11.6 Å². The number of halogens is 1. The lowest BCUT2D eigenvalue weighted by Crippen LogP contribution is -2.86. The molecule has 0 bridgehead atoms. The maximum absolute atomic E-state index is 11.9. The van der Waals surface area contributed by atoms with Gasteiger partial charge in [0.15, 0.2) is 6.54 Å². The Hall–Kier alpha value is -2.44. The molecule has 0 aliphatic heterocycles. The van der Waals surface area contributed by atoms with Crippen LogP contribution in [0, 0.1) is 10.1 Å². The third-order valence-electron chi connectivity index (χ3n) is 3.41. The number of nitro groups is 1. The Morgan fingerprint density at radius 2 is 1.91 bits per heavy atom. The van der Waals surface area contributed by atoms with Gasteiger partial charge in [-0.2, -0.15) is 0 Å². The molecule has 2 rings (SSSR count). The minimum absolute atomic E-state index is 0.0121. The van der Waals surface area contributed by atoms with Crippen molar-refractivity contribution in [3.8, 4) is 0 Å². The quantitative estimate of drug-likeness (QED) is 0.628. The second-order valence-corrected chi connectivity index (χ2v) is 5.51. The molecule has 3 N–H and O–H groups in total. The fourth-order valence-corrected chi connectivity index (χ4v) is 2.44. The van der Waals surface area contributed by atoms with Gasteiger partial charge in [-0.15, -0.1) is 0 Å². The largest absolute Gasteiger partial charge is 0.332 e. The van der Waals surface area contributed by atoms with Gasteiger partial charge in [0.05, 0.1) is 4.92 Å². The molecule has 2 aromatic carbocycles. The van der Waals surface area contributed by atoms with Gasteiger partial charge < -0.3 is 10.6 Å². The van der Waals surface area contributed by atoms with Crippen LogP contribution in [-0.2, 0) is 4.79 Å². The lowest BCUT2D eigenvalue weighted by Gasteiger charge is -2.12. The van der Waals surface area contributed by atoms with Gasteiger partial charge in [0, 0.05) is 28.4 Å². The van der Waals surface area contributed by atoms with Crippen LogP contribution in [-0.4, -0.2) is 17.4 Å². The number of rotatable bonds is 6. The molecule has 0 spiro atoms. The molecule has 23 heavy (non-hydrogen) atoms. The standard InChI is InChI=1S/C16H16ClN3O3/c1-11(14-4-2-3-5-15(14)17)18-10-16(21)19-12-6-8-13(9-7-12)20(22)23/h2-9,11,18H,10H2,1H3,(H,19,21)/p+1/t11-/m0/s1. The summed E-state index contributed by atoms with van der Waals surface area (Å²) in [7, 11) is 0. The Morgan fingerprint density at radius 1 is 1.26 bits per heavy atom. The molecule has 120 valence electrons. The third kappa shape index (κ3) is 4.77. The number of hydrogen-bond acceptors (Lipinski definition) is 3. The smallest absolute Gasteiger partial charge is 0.279 e. The van der Waals surface area contributed by atoms with Crippen molar-refractivity contribution in [2.75, 3.05) is 11.9 Å². The molecule has 2 aromatic rings. The van der Waals surface area contributed by atoms with Gasteiger partial charge in [0.25, 0.3) is 11.6 Å². The van der Waals surface area contributed by atoms with Gasteiger partial charge in [0.2, 0.25) is 0 Å². The van der Waals surface area contributed by atoms with E-state index in [1.54, 1.807) is 0 Å². The number of hydrogen-bond donors (Lipinski definition) is 2. The molecule has 0 heterocycles. The average molecular weight is 335 g/mol. The molecule has 0 unspecified atom stereocenters. The molecule has 1 atom stereocenters. The van der Waals surface area contributed by atoms with E-state index in [1.165, 1.54) is 24.3 Å². The van der Waals surface area contributed by atoms with Crippen molar-refractivity contribution in [3.05, 3.63) is 69.2 Å². The van der Waals surface area contributed by atoms with E-state index >= 15 is 0 Å². The summed E-state index contributed by atoms with van der Waals surface area (Å²) >= 11 is 6.13. The van der Waals surface area contributed by atoms with Crippen LogP contribution in [0.4, 0.5) is 11.4 Å². The highest BCUT2D eigenvalue weighted by molar-refractivity contribution is 6.31. The minimum Gasteiger partial charge on any atom is -0.332 e. The van der Waals surface area contributed by atoms with Gasteiger partial charge in [-0.1, -0.05) is 29.8 Å². The normalized spacial score (nSPS) is 11.7. The highest BCUT2D eigenvalue weighted by Gasteiger charge is 2.14. The Balaban J connectivity index is 1.87. The Kier molecular flexibility index (Phi) is 5.67. The number of quaternary nitrogens is 1. The number of carbonyl (C=O) groups is 1. The SMILES string of the molecule is C[C@H]([NH2+]CC(=O)Nc1ccc([N+](=O)[O-])cc1)c1ccccc1Cl. The number of nitro benzene ring substituents is 1. The van der Waals surface area contributed by atoms with Crippen molar-refractivity contribution in [2.45, 2.75) is 13.0 Å². The van der Waals surface area contributed by atoms with E-state index in [2.05, 4.69) is 5.32 Å². The zero-order chi connectivity index (χ0) is 16.8. The first-order valence-electron chi connectivity index (χ1n) is 7.09. The van der Waals surface area contributed by atoms with E-state index in [0.717, 1.165) is 5.56 Å². The molecule has 0 saturated carbocycles. The summed E-state index contributed by atoms with van der Waals surface area (Å²) in [6, 6.07) is 13.3. The van der Waals surface area contributed by atoms with Crippen LogP contribution in [0.2, 0.25) is 5.02 Å². The summed E-state index contributed by atoms with van der Waals surface area (Å²) in [6.07, 6.45) is 0. The lowest BCUT2D eigenvalue weighted by atomic mass is 10.1. The van der Waals surface area contributed by atoms with Gasteiger partial charge in [0.1, 0.15) is 6.04 Å². The first-order valence-corrected chi connectivity index (χ1v) is 7.47. The van der Waals surface area contributed by atoms with Crippen molar-refractivity contribution in [1.29, 1.82) is 0 Å². The van der Waals surface area contributed by atoms with Crippen LogP contribution in [0.1, 0.15) is 18.5 Å². The van der Waals surface area contributed by atoms with Gasteiger partial charge >= 0.3 is 0 Å². The number of non-ortho nitro benzene ring substituents is 1. The summed E-state index contributed by atoms with van der Waals surface area (Å²) in [5.74, 6) is -0.183. The number of nitrogens with two attached hydrogens (primary N) is 1. The summed E-state index contributed by atoms with van der Waals surface area (Å²) in [4.78, 5) is 22.0. The second-order valence-electron chi connectivity index (χ2n) is 5.10. The third-order valence-corrected chi connectivity index (χ3v) is 3.76. The molecule has 6 nitrogen and oxygen atoms in total. The van der Waals surface area contributed by atoms with Crippen LogP contribution in [0.25, 0.3) is 0 Å². The Bertz CT molecular complexity index is 704. The predicted octanol–water partition coefficient (Wildman–Crippen LogP) is 2.51. The highest BCUT2D eigenvalue weighted by atomic mass is 35.5. The van der Waals surface area contributed by atoms with Gasteiger partial charge in [-0.3, -0.25) is 14.9 Å². The molecule has 7 heteroatoms. The zero-order valence-corrected chi connectivity index (χ0v) is 13.3. The molecule has 1 amide bonds. The molecule has 0 aliphatic carbocycles. The minimum atomic E-state index is -0.481. The lowest BCUT2D eigenvalue weighted by molar-refractivity contribution is -0.682. The molecule has 0 aromatic heterocycles. The van der Waals surface area contributed by atoms with Crippen molar-refractivity contribution in [1.82, 2.24) is 0 Å². The Morgan fingerprint density at radius 3 is 2.52 bits per heavy atom. The van der Waals surface area contributed by atoms with Crippen molar-refractivity contribution < 1.29 is 15.0 Å². The van der Waals surface area contributed by atoms with Gasteiger partial charge in [-0.05, 0) is 25.1 Å². The van der Waals surface area contributed by atoms with Crippen molar-refractivity contribution >= 4 is 28.9 Å². The maximum atomic E-state index is 11.9. The van der Waals surface area contributed by atoms with E-state index < -0.39 is 4.92 Å². The number of carbonyl (C=O) groups excluding carboxylic acids is 1. The van der Waals surface area contributed by atoms with Crippen molar-refractivity contribution in [3.63, 3.8) is 0 Å². The van der Waals surface area contributed by atoms with Crippen LogP contribution in [0.5, 0.6) is 0 Å². The van der Waals surface area contributed by atoms with Crippen LogP contribution in [0.3, 0.4) is 0 Å². The molecule has 0 aliphatic rings. The Labute approximate surface area is 138 Å².